The van der Waals surface area contributed by atoms with Crippen molar-refractivity contribution in [3.8, 4) is 0 Å². The number of aliphatic hydroxyl groups excluding tert-OH is 1. The monoisotopic (exact) mass is 234 g/mol. The van der Waals surface area contributed by atoms with Gasteiger partial charge in [-0.3, -0.25) is 0 Å². The Balaban J connectivity index is 0.000000686. The lowest BCUT2D eigenvalue weighted by Gasteiger charge is -2.05. The summed E-state index contributed by atoms with van der Waals surface area (Å²) in [5.41, 5.74) is 3.25. The summed E-state index contributed by atoms with van der Waals surface area (Å²) in [7, 11) is 1.00. The molecule has 92 valence electrons. The zero-order valence-electron chi connectivity index (χ0n) is 10.4. The van der Waals surface area contributed by atoms with Gasteiger partial charge in [0.25, 0.3) is 0 Å². The highest BCUT2D eigenvalue weighted by Gasteiger charge is 2.05. The highest BCUT2D eigenvalue weighted by Crippen LogP contribution is 2.20. The van der Waals surface area contributed by atoms with Gasteiger partial charge in [0.05, 0.1) is 23.9 Å². The van der Waals surface area contributed by atoms with Crippen LogP contribution in [0.25, 0.3) is 11.0 Å². The Morgan fingerprint density at radius 1 is 1.41 bits per heavy atom. The van der Waals surface area contributed by atoms with Gasteiger partial charge in [0, 0.05) is 7.11 Å². The van der Waals surface area contributed by atoms with Gasteiger partial charge in [-0.05, 0) is 23.6 Å². The standard InChI is InChI=1S/C12H14N2O.CH4O/c1-9(2)10-3-4-11-12(7-10)14(5-6-15)8-13-11;1-2/h3-4,6-9H,5H2,1-2H3;2H,1H3. The number of hydrogen-bond donors (Lipinski definition) is 1. The van der Waals surface area contributed by atoms with Crippen LogP contribution in [0.4, 0.5) is 0 Å². The summed E-state index contributed by atoms with van der Waals surface area (Å²) in [6.45, 7) is 4.68. The lowest BCUT2D eigenvalue weighted by molar-refractivity contribution is -0.108. The molecule has 2 rings (SSSR count). The zero-order chi connectivity index (χ0) is 12.8. The molecule has 0 spiro atoms. The maximum atomic E-state index is 10.5. The van der Waals surface area contributed by atoms with Gasteiger partial charge in [0.15, 0.2) is 0 Å². The average Bonchev–Trinajstić information content (AvgIpc) is 2.75. The van der Waals surface area contributed by atoms with E-state index in [9.17, 15) is 4.79 Å². The fourth-order valence-corrected chi connectivity index (χ4v) is 1.66. The largest absolute Gasteiger partial charge is 0.400 e. The van der Waals surface area contributed by atoms with E-state index in [0.717, 1.165) is 24.4 Å². The van der Waals surface area contributed by atoms with Crippen LogP contribution in [0.15, 0.2) is 24.5 Å². The molecule has 0 radical (unpaired) electrons. The second-order valence-corrected chi connectivity index (χ2v) is 3.97. The maximum Gasteiger partial charge on any atom is 0.139 e. The Morgan fingerprint density at radius 3 is 2.71 bits per heavy atom. The van der Waals surface area contributed by atoms with Crippen LogP contribution in [-0.2, 0) is 11.3 Å². The van der Waals surface area contributed by atoms with E-state index < -0.39 is 0 Å². The molecule has 4 nitrogen and oxygen atoms in total. The minimum atomic E-state index is 0.373. The lowest BCUT2D eigenvalue weighted by atomic mass is 10.0. The van der Waals surface area contributed by atoms with Gasteiger partial charge in [0.2, 0.25) is 0 Å². The molecule has 0 aliphatic rings. The minimum Gasteiger partial charge on any atom is -0.400 e. The van der Waals surface area contributed by atoms with Gasteiger partial charge < -0.3 is 14.5 Å². The summed E-state index contributed by atoms with van der Waals surface area (Å²) < 4.78 is 1.87. The summed E-state index contributed by atoms with van der Waals surface area (Å²) in [6.07, 6.45) is 2.60. The topological polar surface area (TPSA) is 55.1 Å². The molecule has 1 aromatic heterocycles. The fraction of sp³-hybridized carbons (Fsp3) is 0.385. The highest BCUT2D eigenvalue weighted by molar-refractivity contribution is 5.77. The normalized spacial score (nSPS) is 10.2. The number of rotatable bonds is 3. The molecule has 0 saturated heterocycles. The Hall–Kier alpha value is -1.68. The third-order valence-corrected chi connectivity index (χ3v) is 2.58. The van der Waals surface area contributed by atoms with Crippen LogP contribution in [0.1, 0.15) is 25.3 Å². The summed E-state index contributed by atoms with van der Waals surface area (Å²) in [5.74, 6) is 0.494. The van der Waals surface area contributed by atoms with Crippen molar-refractivity contribution in [3.05, 3.63) is 30.1 Å². The fourth-order valence-electron chi connectivity index (χ4n) is 1.66. The number of hydrogen-bond acceptors (Lipinski definition) is 3. The molecule has 0 fully saturated rings. The van der Waals surface area contributed by atoms with E-state index in [1.807, 2.05) is 10.6 Å². The van der Waals surface area contributed by atoms with Crippen molar-refractivity contribution in [2.45, 2.75) is 26.3 Å². The van der Waals surface area contributed by atoms with Crippen molar-refractivity contribution in [1.29, 1.82) is 0 Å². The lowest BCUT2D eigenvalue weighted by Crippen LogP contribution is -1.97. The van der Waals surface area contributed by atoms with Crippen molar-refractivity contribution in [1.82, 2.24) is 9.55 Å². The molecule has 0 saturated carbocycles. The molecule has 1 heterocycles. The zero-order valence-corrected chi connectivity index (χ0v) is 10.4. The summed E-state index contributed by atoms with van der Waals surface area (Å²) >= 11 is 0. The Kier molecular flexibility index (Phi) is 4.84. The van der Waals surface area contributed by atoms with E-state index in [1.54, 1.807) is 6.33 Å². The van der Waals surface area contributed by atoms with E-state index in [0.29, 0.717) is 12.5 Å². The number of aliphatic hydroxyl groups is 1. The Morgan fingerprint density at radius 2 is 2.12 bits per heavy atom. The summed E-state index contributed by atoms with van der Waals surface area (Å²) in [5, 5.41) is 7.00. The third-order valence-electron chi connectivity index (χ3n) is 2.58. The van der Waals surface area contributed by atoms with Gasteiger partial charge in [0.1, 0.15) is 6.29 Å². The third kappa shape index (κ3) is 2.91. The van der Waals surface area contributed by atoms with Gasteiger partial charge >= 0.3 is 0 Å². The molecule has 1 aromatic carbocycles. The van der Waals surface area contributed by atoms with Crippen LogP contribution in [0, 0.1) is 0 Å². The van der Waals surface area contributed by atoms with Crippen molar-refractivity contribution in [2.75, 3.05) is 7.11 Å². The Bertz CT molecular complexity index is 489. The summed E-state index contributed by atoms with van der Waals surface area (Å²) in [6, 6.07) is 6.20. The van der Waals surface area contributed by atoms with Crippen molar-refractivity contribution in [2.24, 2.45) is 0 Å². The second-order valence-electron chi connectivity index (χ2n) is 3.97. The van der Waals surface area contributed by atoms with E-state index in [2.05, 4.69) is 31.0 Å². The molecular weight excluding hydrogens is 216 g/mol. The van der Waals surface area contributed by atoms with Crippen LogP contribution < -0.4 is 0 Å². The maximum absolute atomic E-state index is 10.5. The first-order valence-corrected chi connectivity index (χ1v) is 5.55. The van der Waals surface area contributed by atoms with Crippen molar-refractivity contribution >= 4 is 17.3 Å². The smallest absolute Gasteiger partial charge is 0.139 e. The second kappa shape index (κ2) is 6.15. The van der Waals surface area contributed by atoms with Crippen LogP contribution in [0.2, 0.25) is 0 Å². The van der Waals surface area contributed by atoms with Crippen LogP contribution in [-0.4, -0.2) is 28.1 Å². The van der Waals surface area contributed by atoms with E-state index >= 15 is 0 Å². The number of nitrogens with zero attached hydrogens (tertiary/aromatic N) is 2. The molecule has 0 atom stereocenters. The van der Waals surface area contributed by atoms with E-state index in [1.165, 1.54) is 5.56 Å². The molecule has 0 aliphatic carbocycles. The number of aromatic nitrogens is 2. The highest BCUT2D eigenvalue weighted by atomic mass is 16.2. The van der Waals surface area contributed by atoms with Crippen LogP contribution >= 0.6 is 0 Å². The first-order valence-electron chi connectivity index (χ1n) is 5.55. The quantitative estimate of drug-likeness (QED) is 0.826. The first-order chi connectivity index (χ1) is 8.22. The SMILES string of the molecule is CC(C)c1ccc2ncn(CC=O)c2c1.CO. The molecule has 0 unspecified atom stereocenters. The number of benzene rings is 1. The first kappa shape index (κ1) is 13.4. The molecule has 4 heteroatoms. The van der Waals surface area contributed by atoms with Gasteiger partial charge in [-0.25, -0.2) is 4.98 Å². The van der Waals surface area contributed by atoms with Crippen molar-refractivity contribution < 1.29 is 9.90 Å². The predicted octanol–water partition coefficient (Wildman–Crippen LogP) is 1.97. The Labute approximate surface area is 101 Å². The average molecular weight is 234 g/mol. The molecule has 2 aromatic rings. The number of imidazole rings is 1. The van der Waals surface area contributed by atoms with Crippen LogP contribution in [0.3, 0.4) is 0 Å². The van der Waals surface area contributed by atoms with E-state index in [-0.39, 0.29) is 0 Å². The van der Waals surface area contributed by atoms with E-state index in [4.69, 9.17) is 5.11 Å². The number of carbonyl (C=O) groups is 1. The molecule has 1 N–H and O–H groups in total. The van der Waals surface area contributed by atoms with Crippen molar-refractivity contribution in [3.63, 3.8) is 0 Å². The molecule has 0 aliphatic heterocycles. The van der Waals surface area contributed by atoms with Gasteiger partial charge in [-0.2, -0.15) is 0 Å². The molecule has 0 amide bonds. The van der Waals surface area contributed by atoms with Gasteiger partial charge in [-0.1, -0.05) is 19.9 Å². The summed E-state index contributed by atoms with van der Waals surface area (Å²) in [4.78, 5) is 14.7. The predicted molar refractivity (Wildman–Crippen MR) is 68.0 cm³/mol. The molecular formula is C13H18N2O2. The molecule has 17 heavy (non-hydrogen) atoms. The van der Waals surface area contributed by atoms with Gasteiger partial charge in [-0.15, -0.1) is 0 Å². The van der Waals surface area contributed by atoms with Crippen LogP contribution in [0.5, 0.6) is 0 Å². The minimum absolute atomic E-state index is 0.373. The number of fused-ring (bicyclic) bond motifs is 1. The molecule has 0 bridgehead atoms. The number of carbonyl (C=O) groups excluding carboxylic acids is 1. The number of aldehydes is 1.